The van der Waals surface area contributed by atoms with Crippen LogP contribution >= 0.6 is 11.6 Å². The van der Waals surface area contributed by atoms with Gasteiger partial charge in [0.15, 0.2) is 0 Å². The number of urea groups is 1. The minimum Gasteiger partial charge on any atom is -0.348 e. The van der Waals surface area contributed by atoms with E-state index in [9.17, 15) is 9.18 Å². The molecule has 1 aromatic heterocycles. The number of carbonyl (C=O) groups excluding carboxylic acids is 1. The molecule has 0 spiro atoms. The van der Waals surface area contributed by atoms with Crippen molar-refractivity contribution in [1.82, 2.24) is 9.47 Å². The molecule has 6 heteroatoms. The Labute approximate surface area is 127 Å². The van der Waals surface area contributed by atoms with Gasteiger partial charge in [0, 0.05) is 30.7 Å². The van der Waals surface area contributed by atoms with Gasteiger partial charge in [-0.1, -0.05) is 11.6 Å². The molecule has 2 aromatic rings. The maximum absolute atomic E-state index is 13.1. The molecule has 21 heavy (non-hydrogen) atoms. The molecule has 2 heterocycles. The van der Waals surface area contributed by atoms with E-state index >= 15 is 0 Å². The Balaban J connectivity index is 1.75. The molecule has 0 aliphatic carbocycles. The molecule has 0 saturated carbocycles. The van der Waals surface area contributed by atoms with Crippen molar-refractivity contribution in [3.63, 3.8) is 0 Å². The van der Waals surface area contributed by atoms with E-state index < -0.39 is 5.82 Å². The second-order valence-electron chi connectivity index (χ2n) is 5.05. The molecule has 0 radical (unpaired) electrons. The van der Waals surface area contributed by atoms with E-state index in [1.165, 1.54) is 18.2 Å². The molecule has 4 nitrogen and oxygen atoms in total. The maximum Gasteiger partial charge on any atom is 0.322 e. The summed E-state index contributed by atoms with van der Waals surface area (Å²) >= 11 is 5.72. The Morgan fingerprint density at radius 3 is 2.95 bits per heavy atom. The van der Waals surface area contributed by atoms with E-state index in [4.69, 9.17) is 11.6 Å². The lowest BCUT2D eigenvalue weighted by molar-refractivity contribution is 0.175. The molecule has 2 amide bonds. The number of aromatic nitrogens is 1. The Morgan fingerprint density at radius 1 is 1.38 bits per heavy atom. The maximum atomic E-state index is 13.1. The normalized spacial score (nSPS) is 17.5. The topological polar surface area (TPSA) is 37.3 Å². The van der Waals surface area contributed by atoms with Crippen LogP contribution in [0.3, 0.4) is 0 Å². The van der Waals surface area contributed by atoms with Crippen LogP contribution in [-0.2, 0) is 6.54 Å². The van der Waals surface area contributed by atoms with Crippen molar-refractivity contribution in [3.05, 3.63) is 53.1 Å². The Hall–Kier alpha value is -2.01. The molecule has 1 aliphatic heterocycles. The average Bonchev–Trinajstić information content (AvgIpc) is 2.92. The third kappa shape index (κ3) is 2.61. The summed E-state index contributed by atoms with van der Waals surface area (Å²) in [5, 5.41) is 2.75. The zero-order chi connectivity index (χ0) is 15.0. The van der Waals surface area contributed by atoms with Gasteiger partial charge in [0.2, 0.25) is 0 Å². The number of hydrogen-bond acceptors (Lipinski definition) is 1. The Kier molecular flexibility index (Phi) is 3.59. The molecule has 1 aliphatic rings. The first-order valence-electron chi connectivity index (χ1n) is 6.74. The minimum absolute atomic E-state index is 0.00614. The molecule has 0 fully saturated rings. The third-order valence-corrected chi connectivity index (χ3v) is 4.06. The zero-order valence-corrected chi connectivity index (χ0v) is 12.3. The van der Waals surface area contributed by atoms with Crippen LogP contribution in [0.4, 0.5) is 14.9 Å². The third-order valence-electron chi connectivity index (χ3n) is 3.77. The van der Waals surface area contributed by atoms with Gasteiger partial charge in [-0.05, 0) is 37.3 Å². The standard InChI is InChI=1S/C15H15ClFN3O/c1-10-14-3-2-6-19(14)7-8-20(10)15(21)18-11-4-5-13(17)12(16)9-11/h2-6,9-10H,7-8H2,1H3,(H,18,21)/t10-/m1/s1. The summed E-state index contributed by atoms with van der Waals surface area (Å²) in [6.07, 6.45) is 2.01. The SMILES string of the molecule is C[C@@H]1c2cccn2CCN1C(=O)Nc1ccc(F)c(Cl)c1. The van der Waals surface area contributed by atoms with E-state index in [0.29, 0.717) is 12.2 Å². The van der Waals surface area contributed by atoms with Gasteiger partial charge in [-0.15, -0.1) is 0 Å². The highest BCUT2D eigenvalue weighted by Gasteiger charge is 2.27. The van der Waals surface area contributed by atoms with Crippen LogP contribution in [0, 0.1) is 5.82 Å². The number of nitrogens with zero attached hydrogens (tertiary/aromatic N) is 2. The van der Waals surface area contributed by atoms with Crippen LogP contribution in [0.1, 0.15) is 18.7 Å². The van der Waals surface area contributed by atoms with E-state index in [1.54, 1.807) is 4.90 Å². The van der Waals surface area contributed by atoms with Crippen LogP contribution in [0.2, 0.25) is 5.02 Å². The van der Waals surface area contributed by atoms with Gasteiger partial charge in [0.05, 0.1) is 11.1 Å². The summed E-state index contributed by atoms with van der Waals surface area (Å²) in [7, 11) is 0. The Morgan fingerprint density at radius 2 is 2.19 bits per heavy atom. The van der Waals surface area contributed by atoms with Crippen molar-refractivity contribution in [2.75, 3.05) is 11.9 Å². The molecule has 1 N–H and O–H groups in total. The predicted octanol–water partition coefficient (Wildman–Crippen LogP) is 3.89. The van der Waals surface area contributed by atoms with Crippen LogP contribution in [0.25, 0.3) is 0 Å². The summed E-state index contributed by atoms with van der Waals surface area (Å²) < 4.78 is 15.3. The van der Waals surface area contributed by atoms with Crippen LogP contribution in [0.15, 0.2) is 36.5 Å². The fourth-order valence-electron chi connectivity index (χ4n) is 2.63. The van der Waals surface area contributed by atoms with Gasteiger partial charge in [0.25, 0.3) is 0 Å². The first-order chi connectivity index (χ1) is 10.1. The molecule has 1 aromatic carbocycles. The summed E-state index contributed by atoms with van der Waals surface area (Å²) in [6, 6.07) is 7.92. The lowest BCUT2D eigenvalue weighted by Gasteiger charge is -2.34. The molecular weight excluding hydrogens is 293 g/mol. The first-order valence-corrected chi connectivity index (χ1v) is 7.12. The molecular formula is C15H15ClFN3O. The number of halogens is 2. The molecule has 110 valence electrons. The monoisotopic (exact) mass is 307 g/mol. The lowest BCUT2D eigenvalue weighted by Crippen LogP contribution is -2.43. The largest absolute Gasteiger partial charge is 0.348 e. The van der Waals surface area contributed by atoms with E-state index in [0.717, 1.165) is 12.2 Å². The second kappa shape index (κ2) is 5.41. The van der Waals surface area contributed by atoms with Crippen molar-refractivity contribution in [2.24, 2.45) is 0 Å². The van der Waals surface area contributed by atoms with Gasteiger partial charge >= 0.3 is 6.03 Å². The smallest absolute Gasteiger partial charge is 0.322 e. The van der Waals surface area contributed by atoms with Gasteiger partial charge in [-0.3, -0.25) is 0 Å². The van der Waals surface area contributed by atoms with Crippen LogP contribution < -0.4 is 5.32 Å². The van der Waals surface area contributed by atoms with Gasteiger partial charge in [-0.2, -0.15) is 0 Å². The van der Waals surface area contributed by atoms with Crippen LogP contribution in [0.5, 0.6) is 0 Å². The van der Waals surface area contributed by atoms with Crippen molar-refractivity contribution >= 4 is 23.3 Å². The van der Waals surface area contributed by atoms with Crippen molar-refractivity contribution < 1.29 is 9.18 Å². The first kappa shape index (κ1) is 13.9. The molecule has 0 saturated heterocycles. The van der Waals surface area contributed by atoms with Crippen molar-refractivity contribution in [2.45, 2.75) is 19.5 Å². The molecule has 3 rings (SSSR count). The quantitative estimate of drug-likeness (QED) is 0.852. The number of hydrogen-bond donors (Lipinski definition) is 1. The summed E-state index contributed by atoms with van der Waals surface area (Å²) in [5.41, 5.74) is 1.59. The van der Waals surface area contributed by atoms with Crippen molar-refractivity contribution in [3.8, 4) is 0 Å². The van der Waals surface area contributed by atoms with E-state index in [2.05, 4.69) is 9.88 Å². The van der Waals surface area contributed by atoms with Gasteiger partial charge < -0.3 is 14.8 Å². The number of anilines is 1. The fourth-order valence-corrected chi connectivity index (χ4v) is 2.81. The molecule has 0 unspecified atom stereocenters. The van der Waals surface area contributed by atoms with E-state index in [-0.39, 0.29) is 17.1 Å². The number of fused-ring (bicyclic) bond motifs is 1. The minimum atomic E-state index is -0.501. The van der Waals surface area contributed by atoms with Crippen molar-refractivity contribution in [1.29, 1.82) is 0 Å². The predicted molar refractivity (Wildman–Crippen MR) is 80.0 cm³/mol. The second-order valence-corrected chi connectivity index (χ2v) is 5.46. The number of rotatable bonds is 1. The summed E-state index contributed by atoms with van der Waals surface area (Å²) in [6.45, 7) is 3.39. The summed E-state index contributed by atoms with van der Waals surface area (Å²) in [4.78, 5) is 14.1. The van der Waals surface area contributed by atoms with Gasteiger partial charge in [-0.25, -0.2) is 9.18 Å². The molecule has 1 atom stereocenters. The fraction of sp³-hybridized carbons (Fsp3) is 0.267. The van der Waals surface area contributed by atoms with E-state index in [1.807, 2.05) is 25.3 Å². The highest BCUT2D eigenvalue weighted by molar-refractivity contribution is 6.31. The Bertz CT molecular complexity index is 685. The number of nitrogens with one attached hydrogen (secondary N) is 1. The zero-order valence-electron chi connectivity index (χ0n) is 11.5. The highest BCUT2D eigenvalue weighted by atomic mass is 35.5. The average molecular weight is 308 g/mol. The highest BCUT2D eigenvalue weighted by Crippen LogP contribution is 2.26. The number of amides is 2. The number of carbonyl (C=O) groups is 1. The van der Waals surface area contributed by atoms with Gasteiger partial charge in [0.1, 0.15) is 5.82 Å². The summed E-state index contributed by atoms with van der Waals surface area (Å²) in [5.74, 6) is -0.501. The lowest BCUT2D eigenvalue weighted by atomic mass is 10.1. The van der Waals surface area contributed by atoms with Crippen LogP contribution in [-0.4, -0.2) is 22.0 Å². The molecule has 0 bridgehead atoms. The number of benzene rings is 1.